The molecule has 4 nitrogen and oxygen atoms in total. The number of benzene rings is 2. The lowest BCUT2D eigenvalue weighted by molar-refractivity contribution is 0.0966. The van der Waals surface area contributed by atoms with Crippen LogP contribution >= 0.6 is 0 Å². The average Bonchev–Trinajstić information content (AvgIpc) is 3.11. The van der Waals surface area contributed by atoms with Gasteiger partial charge in [0.05, 0.1) is 22.3 Å². The van der Waals surface area contributed by atoms with Gasteiger partial charge in [0, 0.05) is 23.2 Å². The van der Waals surface area contributed by atoms with E-state index in [1.54, 1.807) is 10.8 Å². The number of hydrogen-bond acceptors (Lipinski definition) is 2. The third-order valence-corrected chi connectivity index (χ3v) is 3.78. The molecule has 2 aromatic carbocycles. The van der Waals surface area contributed by atoms with Crippen LogP contribution in [0.1, 0.15) is 10.4 Å². The average molecular weight is 275 g/mol. The van der Waals surface area contributed by atoms with E-state index in [-0.39, 0.29) is 5.91 Å². The van der Waals surface area contributed by atoms with Crippen LogP contribution in [0.4, 0.5) is 5.69 Å². The number of nitrogens with one attached hydrogen (secondary N) is 1. The van der Waals surface area contributed by atoms with Crippen LogP contribution in [0.5, 0.6) is 0 Å². The molecule has 0 fully saturated rings. The predicted octanol–water partition coefficient (Wildman–Crippen LogP) is 3.39. The van der Waals surface area contributed by atoms with E-state index in [4.69, 9.17) is 5.73 Å². The zero-order valence-corrected chi connectivity index (χ0v) is 11.2. The topological polar surface area (TPSA) is 63.8 Å². The summed E-state index contributed by atoms with van der Waals surface area (Å²) in [6.07, 6.45) is 3.53. The van der Waals surface area contributed by atoms with Crippen molar-refractivity contribution >= 4 is 33.4 Å². The first kappa shape index (κ1) is 11.8. The van der Waals surface area contributed by atoms with Crippen LogP contribution in [0.3, 0.4) is 0 Å². The van der Waals surface area contributed by atoms with E-state index in [0.29, 0.717) is 11.3 Å². The summed E-state index contributed by atoms with van der Waals surface area (Å²) in [4.78, 5) is 16.0. The van der Waals surface area contributed by atoms with Crippen molar-refractivity contribution in [3.63, 3.8) is 0 Å². The first-order valence-electron chi connectivity index (χ1n) is 6.72. The van der Waals surface area contributed by atoms with E-state index in [9.17, 15) is 4.79 Å². The summed E-state index contributed by atoms with van der Waals surface area (Å²) < 4.78 is 1.61. The minimum absolute atomic E-state index is 0.0871. The normalized spacial score (nSPS) is 11.2. The molecule has 4 rings (SSSR count). The van der Waals surface area contributed by atoms with Gasteiger partial charge in [0.1, 0.15) is 0 Å². The molecule has 0 radical (unpaired) electrons. The van der Waals surface area contributed by atoms with Gasteiger partial charge in [-0.2, -0.15) is 0 Å². The fourth-order valence-corrected chi connectivity index (χ4v) is 2.77. The largest absolute Gasteiger partial charge is 0.397 e. The van der Waals surface area contributed by atoms with Crippen molar-refractivity contribution in [2.24, 2.45) is 0 Å². The van der Waals surface area contributed by atoms with Gasteiger partial charge in [0.15, 0.2) is 0 Å². The van der Waals surface area contributed by atoms with E-state index >= 15 is 0 Å². The number of rotatable bonds is 1. The molecule has 0 aliphatic heterocycles. The fraction of sp³-hybridized carbons (Fsp3) is 0. The standard InChI is InChI=1S/C17H13N3O/c18-14-10-20(15-7-2-1-5-12(14)15)17(21)13-6-3-4-11-8-9-19-16(11)13/h1-10,19H,18H2. The van der Waals surface area contributed by atoms with Crippen LogP contribution in [0.2, 0.25) is 0 Å². The number of carbonyl (C=O) groups is 1. The van der Waals surface area contributed by atoms with Crippen molar-refractivity contribution in [3.8, 4) is 0 Å². The van der Waals surface area contributed by atoms with Gasteiger partial charge in [-0.05, 0) is 18.2 Å². The highest BCUT2D eigenvalue weighted by Gasteiger charge is 2.16. The van der Waals surface area contributed by atoms with Gasteiger partial charge in [0.25, 0.3) is 5.91 Å². The number of aromatic nitrogens is 2. The Bertz CT molecular complexity index is 978. The highest BCUT2D eigenvalue weighted by molar-refractivity contribution is 6.11. The highest BCUT2D eigenvalue weighted by atomic mass is 16.2. The predicted molar refractivity (Wildman–Crippen MR) is 84.4 cm³/mol. The Morgan fingerprint density at radius 3 is 2.81 bits per heavy atom. The lowest BCUT2D eigenvalue weighted by Crippen LogP contribution is -2.11. The number of H-pyrrole nitrogens is 1. The van der Waals surface area contributed by atoms with Crippen LogP contribution in [0.15, 0.2) is 60.9 Å². The first-order valence-corrected chi connectivity index (χ1v) is 6.72. The van der Waals surface area contributed by atoms with Crippen LogP contribution in [0.25, 0.3) is 21.8 Å². The van der Waals surface area contributed by atoms with Crippen molar-refractivity contribution in [2.75, 3.05) is 5.73 Å². The van der Waals surface area contributed by atoms with Crippen molar-refractivity contribution in [2.45, 2.75) is 0 Å². The van der Waals surface area contributed by atoms with Gasteiger partial charge >= 0.3 is 0 Å². The smallest absolute Gasteiger partial charge is 0.264 e. The summed E-state index contributed by atoms with van der Waals surface area (Å²) >= 11 is 0. The third kappa shape index (κ3) is 1.66. The number of para-hydroxylation sites is 2. The number of nitrogens with zero attached hydrogens (tertiary/aromatic N) is 1. The van der Waals surface area contributed by atoms with E-state index in [1.165, 1.54) is 0 Å². The molecular formula is C17H13N3O. The second-order valence-corrected chi connectivity index (χ2v) is 5.02. The molecule has 4 aromatic rings. The minimum atomic E-state index is -0.0871. The molecule has 0 bridgehead atoms. The number of nitrogens with two attached hydrogens (primary N) is 1. The monoisotopic (exact) mass is 275 g/mol. The maximum absolute atomic E-state index is 12.9. The van der Waals surface area contributed by atoms with E-state index in [1.807, 2.05) is 54.7 Å². The molecule has 21 heavy (non-hydrogen) atoms. The zero-order valence-electron chi connectivity index (χ0n) is 11.2. The van der Waals surface area contributed by atoms with Gasteiger partial charge in [0.2, 0.25) is 0 Å². The molecule has 0 saturated heterocycles. The summed E-state index contributed by atoms with van der Waals surface area (Å²) in [7, 11) is 0. The number of hydrogen-bond donors (Lipinski definition) is 2. The SMILES string of the molecule is Nc1cn(C(=O)c2cccc3cc[nH]c23)c2ccccc12. The lowest BCUT2D eigenvalue weighted by Gasteiger charge is -2.05. The Kier molecular flexibility index (Phi) is 2.38. The van der Waals surface area contributed by atoms with Gasteiger partial charge in [-0.3, -0.25) is 9.36 Å². The maximum atomic E-state index is 12.9. The van der Waals surface area contributed by atoms with Crippen molar-refractivity contribution in [1.82, 2.24) is 9.55 Å². The second-order valence-electron chi connectivity index (χ2n) is 5.02. The Morgan fingerprint density at radius 2 is 1.90 bits per heavy atom. The van der Waals surface area contributed by atoms with Crippen LogP contribution in [-0.2, 0) is 0 Å². The number of carbonyl (C=O) groups excluding carboxylic acids is 1. The van der Waals surface area contributed by atoms with Crippen molar-refractivity contribution < 1.29 is 4.79 Å². The maximum Gasteiger partial charge on any atom is 0.264 e. The summed E-state index contributed by atoms with van der Waals surface area (Å²) in [5.74, 6) is -0.0871. The Balaban J connectivity index is 1.97. The third-order valence-electron chi connectivity index (χ3n) is 3.78. The molecular weight excluding hydrogens is 262 g/mol. The first-order chi connectivity index (χ1) is 10.3. The van der Waals surface area contributed by atoms with Crippen molar-refractivity contribution in [3.05, 3.63) is 66.5 Å². The Morgan fingerprint density at radius 1 is 1.05 bits per heavy atom. The molecule has 102 valence electrons. The van der Waals surface area contributed by atoms with E-state index < -0.39 is 0 Å². The van der Waals surface area contributed by atoms with E-state index in [2.05, 4.69) is 4.98 Å². The second kappa shape index (κ2) is 4.24. The van der Waals surface area contributed by atoms with Gasteiger partial charge in [-0.1, -0.05) is 30.3 Å². The Labute approximate surface area is 120 Å². The summed E-state index contributed by atoms with van der Waals surface area (Å²) in [6, 6.07) is 15.3. The number of nitrogen functional groups attached to an aromatic ring is 1. The molecule has 0 amide bonds. The zero-order chi connectivity index (χ0) is 14.4. The molecule has 0 spiro atoms. The molecule has 3 N–H and O–H groups in total. The minimum Gasteiger partial charge on any atom is -0.397 e. The molecule has 2 heterocycles. The summed E-state index contributed by atoms with van der Waals surface area (Å²) in [5, 5.41) is 1.91. The van der Waals surface area contributed by atoms with Crippen molar-refractivity contribution in [1.29, 1.82) is 0 Å². The lowest BCUT2D eigenvalue weighted by atomic mass is 10.1. The van der Waals surface area contributed by atoms with Gasteiger partial charge in [-0.15, -0.1) is 0 Å². The fourth-order valence-electron chi connectivity index (χ4n) is 2.77. The van der Waals surface area contributed by atoms with E-state index in [0.717, 1.165) is 21.8 Å². The molecule has 0 saturated carbocycles. The number of anilines is 1. The molecule has 0 unspecified atom stereocenters. The van der Waals surface area contributed by atoms with Crippen LogP contribution in [-0.4, -0.2) is 15.5 Å². The molecule has 0 aliphatic carbocycles. The van der Waals surface area contributed by atoms with Crippen LogP contribution < -0.4 is 5.73 Å². The van der Waals surface area contributed by atoms with Gasteiger partial charge in [-0.25, -0.2) is 0 Å². The molecule has 4 heteroatoms. The summed E-state index contributed by atoms with van der Waals surface area (Å²) in [5.41, 5.74) is 8.92. The Hall–Kier alpha value is -3.01. The van der Waals surface area contributed by atoms with Crippen LogP contribution in [0, 0.1) is 0 Å². The molecule has 2 aromatic heterocycles. The highest BCUT2D eigenvalue weighted by Crippen LogP contribution is 2.25. The number of fused-ring (bicyclic) bond motifs is 2. The van der Waals surface area contributed by atoms with Gasteiger partial charge < -0.3 is 10.7 Å². The number of aromatic amines is 1. The molecule has 0 atom stereocenters. The quantitative estimate of drug-likeness (QED) is 0.559. The summed E-state index contributed by atoms with van der Waals surface area (Å²) in [6.45, 7) is 0. The molecule has 0 aliphatic rings.